The Labute approximate surface area is 138 Å². The zero-order valence-corrected chi connectivity index (χ0v) is 14.2. The summed E-state index contributed by atoms with van der Waals surface area (Å²) >= 11 is 9.41. The number of nitrogens with zero attached hydrogens (tertiary/aromatic N) is 3. The Morgan fingerprint density at radius 3 is 2.81 bits per heavy atom. The number of rotatable bonds is 2. The molecule has 1 aromatic rings. The molecule has 6 heteroatoms. The SMILES string of the molecule is O=C(c1cc(Br)cnc1Cl)N1CCC(N2CCCCC2)C1. The van der Waals surface area contributed by atoms with Gasteiger partial charge in [-0.1, -0.05) is 18.0 Å². The molecule has 3 heterocycles. The van der Waals surface area contributed by atoms with Crippen molar-refractivity contribution >= 4 is 33.4 Å². The molecular weight excluding hydrogens is 354 g/mol. The Morgan fingerprint density at radius 2 is 2.05 bits per heavy atom. The quantitative estimate of drug-likeness (QED) is 0.748. The molecule has 1 unspecified atom stereocenters. The minimum atomic E-state index is -0.00619. The predicted molar refractivity (Wildman–Crippen MR) is 86.7 cm³/mol. The fourth-order valence-corrected chi connectivity index (χ4v) is 3.77. The van der Waals surface area contributed by atoms with Crippen LogP contribution in [0.15, 0.2) is 16.7 Å². The highest BCUT2D eigenvalue weighted by Crippen LogP contribution is 2.24. The van der Waals surface area contributed by atoms with E-state index < -0.39 is 0 Å². The van der Waals surface area contributed by atoms with Crippen molar-refractivity contribution in [1.29, 1.82) is 0 Å². The number of pyridine rings is 1. The molecule has 0 bridgehead atoms. The fourth-order valence-electron chi connectivity index (χ4n) is 3.25. The minimum Gasteiger partial charge on any atom is -0.337 e. The summed E-state index contributed by atoms with van der Waals surface area (Å²) in [6, 6.07) is 2.26. The molecule has 114 valence electrons. The number of carbonyl (C=O) groups is 1. The van der Waals surface area contributed by atoms with Gasteiger partial charge < -0.3 is 4.90 Å². The van der Waals surface area contributed by atoms with Crippen molar-refractivity contribution < 1.29 is 4.79 Å². The van der Waals surface area contributed by atoms with E-state index in [1.54, 1.807) is 12.3 Å². The maximum absolute atomic E-state index is 12.6. The van der Waals surface area contributed by atoms with Gasteiger partial charge in [-0.05, 0) is 54.3 Å². The average molecular weight is 373 g/mol. The molecule has 0 radical (unpaired) electrons. The van der Waals surface area contributed by atoms with Gasteiger partial charge in [-0.3, -0.25) is 9.69 Å². The molecular formula is C15H19BrClN3O. The number of piperidine rings is 1. The largest absolute Gasteiger partial charge is 0.337 e. The topological polar surface area (TPSA) is 36.4 Å². The Balaban J connectivity index is 1.67. The monoisotopic (exact) mass is 371 g/mol. The van der Waals surface area contributed by atoms with E-state index in [0.29, 0.717) is 11.6 Å². The predicted octanol–water partition coefficient (Wildman–Crippen LogP) is 3.20. The zero-order chi connectivity index (χ0) is 14.8. The third kappa shape index (κ3) is 3.41. The van der Waals surface area contributed by atoms with Gasteiger partial charge in [0, 0.05) is 29.8 Å². The Bertz CT molecular complexity index is 534. The molecule has 1 atom stereocenters. The maximum atomic E-state index is 12.6. The second-order valence-electron chi connectivity index (χ2n) is 5.78. The van der Waals surface area contributed by atoms with Gasteiger partial charge in [-0.15, -0.1) is 0 Å². The fraction of sp³-hybridized carbons (Fsp3) is 0.600. The molecule has 3 rings (SSSR count). The molecule has 0 aromatic carbocycles. The van der Waals surface area contributed by atoms with Crippen molar-refractivity contribution in [2.75, 3.05) is 26.2 Å². The van der Waals surface area contributed by atoms with E-state index in [1.807, 2.05) is 4.90 Å². The molecule has 2 saturated heterocycles. The number of halogens is 2. The summed E-state index contributed by atoms with van der Waals surface area (Å²) in [5, 5.41) is 0.282. The van der Waals surface area contributed by atoms with Gasteiger partial charge in [0.15, 0.2) is 0 Å². The van der Waals surface area contributed by atoms with Crippen LogP contribution in [0.2, 0.25) is 5.15 Å². The van der Waals surface area contributed by atoms with Crippen LogP contribution in [0.4, 0.5) is 0 Å². The number of hydrogen-bond donors (Lipinski definition) is 0. The molecule has 0 aliphatic carbocycles. The van der Waals surface area contributed by atoms with Crippen LogP contribution in [0, 0.1) is 0 Å². The lowest BCUT2D eigenvalue weighted by molar-refractivity contribution is 0.0771. The van der Waals surface area contributed by atoms with Crippen molar-refractivity contribution in [2.45, 2.75) is 31.7 Å². The first kappa shape index (κ1) is 15.3. The summed E-state index contributed by atoms with van der Waals surface area (Å²) in [5.74, 6) is -0.00619. The Kier molecular flexibility index (Phi) is 4.82. The third-order valence-corrected chi connectivity index (χ3v) is 5.13. The van der Waals surface area contributed by atoms with Gasteiger partial charge in [0.05, 0.1) is 5.56 Å². The third-order valence-electron chi connectivity index (χ3n) is 4.39. The summed E-state index contributed by atoms with van der Waals surface area (Å²) in [6.07, 6.45) is 6.58. The standard InChI is InChI=1S/C15H19BrClN3O/c16-11-8-13(14(17)18-9-11)15(21)20-7-4-12(10-20)19-5-2-1-3-6-19/h8-9,12H,1-7,10H2. The summed E-state index contributed by atoms with van der Waals surface area (Å²) in [7, 11) is 0. The van der Waals surface area contributed by atoms with E-state index in [4.69, 9.17) is 11.6 Å². The first-order valence-electron chi connectivity index (χ1n) is 7.49. The molecule has 0 saturated carbocycles. The molecule has 0 N–H and O–H groups in total. The van der Waals surface area contributed by atoms with Crippen molar-refractivity contribution in [2.24, 2.45) is 0 Å². The van der Waals surface area contributed by atoms with E-state index in [1.165, 1.54) is 32.4 Å². The van der Waals surface area contributed by atoms with Gasteiger partial charge >= 0.3 is 0 Å². The van der Waals surface area contributed by atoms with Crippen LogP contribution in [0.5, 0.6) is 0 Å². The molecule has 0 spiro atoms. The highest BCUT2D eigenvalue weighted by molar-refractivity contribution is 9.10. The first-order chi connectivity index (χ1) is 10.1. The van der Waals surface area contributed by atoms with Crippen LogP contribution < -0.4 is 0 Å². The lowest BCUT2D eigenvalue weighted by Crippen LogP contribution is -2.41. The summed E-state index contributed by atoms with van der Waals surface area (Å²) < 4.78 is 0.780. The molecule has 21 heavy (non-hydrogen) atoms. The van der Waals surface area contributed by atoms with Gasteiger partial charge in [-0.2, -0.15) is 0 Å². The van der Waals surface area contributed by atoms with E-state index >= 15 is 0 Å². The van der Waals surface area contributed by atoms with Crippen LogP contribution in [-0.4, -0.2) is 52.9 Å². The van der Waals surface area contributed by atoms with E-state index in [0.717, 1.165) is 24.0 Å². The number of aromatic nitrogens is 1. The number of likely N-dealkylation sites (tertiary alicyclic amines) is 2. The zero-order valence-electron chi connectivity index (χ0n) is 11.9. The smallest absolute Gasteiger partial charge is 0.257 e. The van der Waals surface area contributed by atoms with Crippen LogP contribution in [-0.2, 0) is 0 Å². The second-order valence-corrected chi connectivity index (χ2v) is 7.06. The van der Waals surface area contributed by atoms with Gasteiger partial charge in [0.25, 0.3) is 5.91 Å². The van der Waals surface area contributed by atoms with Crippen LogP contribution in [0.1, 0.15) is 36.0 Å². The van der Waals surface area contributed by atoms with Crippen molar-refractivity contribution in [3.63, 3.8) is 0 Å². The minimum absolute atomic E-state index is 0.00619. The summed E-state index contributed by atoms with van der Waals surface area (Å²) in [5.41, 5.74) is 0.491. The summed E-state index contributed by atoms with van der Waals surface area (Å²) in [6.45, 7) is 3.96. The van der Waals surface area contributed by atoms with Crippen molar-refractivity contribution in [3.8, 4) is 0 Å². The molecule has 1 amide bonds. The summed E-state index contributed by atoms with van der Waals surface area (Å²) in [4.78, 5) is 21.1. The number of amides is 1. The van der Waals surface area contributed by atoms with Crippen LogP contribution in [0.3, 0.4) is 0 Å². The molecule has 2 fully saturated rings. The van der Waals surface area contributed by atoms with Crippen LogP contribution in [0.25, 0.3) is 0 Å². The maximum Gasteiger partial charge on any atom is 0.257 e. The van der Waals surface area contributed by atoms with Crippen molar-refractivity contribution in [1.82, 2.24) is 14.8 Å². The number of hydrogen-bond acceptors (Lipinski definition) is 3. The Morgan fingerprint density at radius 1 is 1.29 bits per heavy atom. The molecule has 2 aliphatic heterocycles. The lowest BCUT2D eigenvalue weighted by atomic mass is 10.1. The molecule has 4 nitrogen and oxygen atoms in total. The molecule has 1 aromatic heterocycles. The van der Waals surface area contributed by atoms with Gasteiger partial charge in [0.1, 0.15) is 5.15 Å². The first-order valence-corrected chi connectivity index (χ1v) is 8.66. The highest BCUT2D eigenvalue weighted by Gasteiger charge is 2.32. The van der Waals surface area contributed by atoms with E-state index in [-0.39, 0.29) is 11.1 Å². The van der Waals surface area contributed by atoms with Crippen LogP contribution >= 0.6 is 27.5 Å². The lowest BCUT2D eigenvalue weighted by Gasteiger charge is -2.32. The second kappa shape index (κ2) is 6.63. The van der Waals surface area contributed by atoms with Crippen molar-refractivity contribution in [3.05, 3.63) is 27.5 Å². The molecule has 2 aliphatic rings. The van der Waals surface area contributed by atoms with E-state index in [9.17, 15) is 4.79 Å². The Hall–Kier alpha value is -0.650. The van der Waals surface area contributed by atoms with E-state index in [2.05, 4.69) is 25.8 Å². The number of carbonyl (C=O) groups excluding carboxylic acids is 1. The highest BCUT2D eigenvalue weighted by atomic mass is 79.9. The average Bonchev–Trinajstić information content (AvgIpc) is 3.00. The van der Waals surface area contributed by atoms with Gasteiger partial charge in [-0.25, -0.2) is 4.98 Å². The normalized spacial score (nSPS) is 23.5. The van der Waals surface area contributed by atoms with Gasteiger partial charge in [0.2, 0.25) is 0 Å².